The van der Waals surface area contributed by atoms with Crippen LogP contribution in [-0.2, 0) is 0 Å². The number of benzene rings is 1. The lowest BCUT2D eigenvalue weighted by atomic mass is 10.2. The fraction of sp³-hybridized carbons (Fsp3) is 0. The van der Waals surface area contributed by atoms with Gasteiger partial charge in [-0.25, -0.2) is 13.2 Å². The van der Waals surface area contributed by atoms with E-state index in [1.165, 1.54) is 0 Å². The molecule has 0 unspecified atom stereocenters. The van der Waals surface area contributed by atoms with Crippen LogP contribution in [0.2, 0.25) is 5.02 Å². The van der Waals surface area contributed by atoms with Gasteiger partial charge < -0.3 is 0 Å². The van der Waals surface area contributed by atoms with Gasteiger partial charge in [0, 0.05) is 6.07 Å². The predicted molar refractivity (Wildman–Crippen MR) is 36.7 cm³/mol. The van der Waals surface area contributed by atoms with Crippen molar-refractivity contribution < 1.29 is 18.0 Å². The summed E-state index contributed by atoms with van der Waals surface area (Å²) in [6.45, 7) is 0. The molecule has 0 fully saturated rings. The highest BCUT2D eigenvalue weighted by Gasteiger charge is 2.16. The summed E-state index contributed by atoms with van der Waals surface area (Å²) in [4.78, 5) is 10.1. The van der Waals surface area contributed by atoms with E-state index in [0.717, 1.165) is 0 Å². The average molecular weight is 195 g/mol. The first-order valence-electron chi connectivity index (χ1n) is 2.86. The Balaban J connectivity index is 3.51. The van der Waals surface area contributed by atoms with Crippen molar-refractivity contribution in [2.24, 2.45) is 0 Å². The summed E-state index contributed by atoms with van der Waals surface area (Å²) in [5.74, 6) is -4.00. The van der Waals surface area contributed by atoms with E-state index in [1.807, 2.05) is 0 Å². The zero-order valence-electron chi connectivity index (χ0n) is 5.57. The zero-order valence-corrected chi connectivity index (χ0v) is 6.33. The van der Waals surface area contributed by atoms with Crippen LogP contribution in [0.15, 0.2) is 6.07 Å². The number of halogens is 4. The van der Waals surface area contributed by atoms with Gasteiger partial charge in [0.2, 0.25) is 0 Å². The molecule has 64 valence electrons. The van der Waals surface area contributed by atoms with Crippen LogP contribution in [0.5, 0.6) is 0 Å². The van der Waals surface area contributed by atoms with E-state index in [-0.39, 0.29) is 12.4 Å². The van der Waals surface area contributed by atoms with Crippen molar-refractivity contribution in [3.05, 3.63) is 34.1 Å². The van der Waals surface area contributed by atoms with Crippen molar-refractivity contribution in [3.8, 4) is 0 Å². The van der Waals surface area contributed by atoms with Gasteiger partial charge in [-0.3, -0.25) is 4.79 Å². The Kier molecular flexibility index (Phi) is 2.38. The molecular weight excluding hydrogens is 193 g/mol. The fourth-order valence-corrected chi connectivity index (χ4v) is 0.913. The number of aldehydes is 1. The second-order valence-electron chi connectivity index (χ2n) is 2.00. The molecule has 0 saturated heterocycles. The second kappa shape index (κ2) is 3.15. The van der Waals surface area contributed by atoms with Crippen LogP contribution in [0.3, 0.4) is 0 Å². The summed E-state index contributed by atoms with van der Waals surface area (Å²) < 4.78 is 37.4. The molecule has 0 saturated carbocycles. The minimum absolute atomic E-state index is 0.0280. The van der Waals surface area contributed by atoms with Crippen molar-refractivity contribution in [3.63, 3.8) is 0 Å². The summed E-state index contributed by atoms with van der Waals surface area (Å²) >= 11 is 5.12. The first kappa shape index (κ1) is 9.06. The molecule has 0 aliphatic rings. The SMILES string of the molecule is O=Cc1c(F)cc(F)c(F)c1Cl. The number of carbonyl (C=O) groups is 1. The molecule has 0 radical (unpaired) electrons. The molecule has 0 N–H and O–H groups in total. The quantitative estimate of drug-likeness (QED) is 0.382. The van der Waals surface area contributed by atoms with E-state index in [1.54, 1.807) is 0 Å². The fourth-order valence-electron chi connectivity index (χ4n) is 0.688. The van der Waals surface area contributed by atoms with Crippen LogP contribution >= 0.6 is 11.6 Å². The van der Waals surface area contributed by atoms with Gasteiger partial charge in [-0.15, -0.1) is 0 Å². The van der Waals surface area contributed by atoms with Gasteiger partial charge in [0.25, 0.3) is 0 Å². The minimum Gasteiger partial charge on any atom is -0.298 e. The molecule has 0 atom stereocenters. The average Bonchev–Trinajstić information content (AvgIpc) is 2.01. The number of hydrogen-bond donors (Lipinski definition) is 0. The van der Waals surface area contributed by atoms with E-state index >= 15 is 0 Å². The topological polar surface area (TPSA) is 17.1 Å². The van der Waals surface area contributed by atoms with Gasteiger partial charge in [0.05, 0.1) is 10.6 Å². The Morgan fingerprint density at radius 2 is 1.83 bits per heavy atom. The van der Waals surface area contributed by atoms with Crippen LogP contribution in [-0.4, -0.2) is 6.29 Å². The molecule has 0 aromatic heterocycles. The second-order valence-corrected chi connectivity index (χ2v) is 2.38. The molecule has 0 heterocycles. The van der Waals surface area contributed by atoms with Gasteiger partial charge in [-0.05, 0) is 0 Å². The highest BCUT2D eigenvalue weighted by Crippen LogP contribution is 2.23. The van der Waals surface area contributed by atoms with Gasteiger partial charge in [0.1, 0.15) is 5.82 Å². The van der Waals surface area contributed by atoms with E-state index in [0.29, 0.717) is 0 Å². The monoisotopic (exact) mass is 194 g/mol. The molecule has 5 heteroatoms. The summed E-state index contributed by atoms with van der Waals surface area (Å²) in [5.41, 5.74) is -0.671. The molecule has 0 amide bonds. The summed E-state index contributed by atoms with van der Waals surface area (Å²) in [6.07, 6.45) is 0.0280. The molecular formula is C7H2ClF3O. The van der Waals surface area contributed by atoms with E-state index < -0.39 is 28.0 Å². The van der Waals surface area contributed by atoms with Crippen LogP contribution in [0, 0.1) is 17.5 Å². The van der Waals surface area contributed by atoms with Crippen LogP contribution in [0.1, 0.15) is 10.4 Å². The molecule has 0 bridgehead atoms. The Morgan fingerprint density at radius 1 is 1.25 bits per heavy atom. The first-order valence-corrected chi connectivity index (χ1v) is 3.24. The van der Waals surface area contributed by atoms with Crippen LogP contribution < -0.4 is 0 Å². The Morgan fingerprint density at radius 3 is 2.33 bits per heavy atom. The lowest BCUT2D eigenvalue weighted by molar-refractivity contribution is 0.111. The normalized spacial score (nSPS) is 10.0. The lowest BCUT2D eigenvalue weighted by Crippen LogP contribution is -1.96. The maximum atomic E-state index is 12.6. The van der Waals surface area contributed by atoms with Gasteiger partial charge in [0.15, 0.2) is 17.9 Å². The summed E-state index contributed by atoms with van der Waals surface area (Å²) in [5, 5.41) is -0.831. The van der Waals surface area contributed by atoms with E-state index in [4.69, 9.17) is 11.6 Å². The molecule has 1 rings (SSSR count). The number of rotatable bonds is 1. The standard InChI is InChI=1S/C7H2ClF3O/c8-6-3(2-12)4(9)1-5(10)7(6)11/h1-2H. The summed E-state index contributed by atoms with van der Waals surface area (Å²) in [6, 6.07) is 0.269. The van der Waals surface area contributed by atoms with Crippen molar-refractivity contribution >= 4 is 17.9 Å². The Bertz CT molecular complexity index is 338. The largest absolute Gasteiger partial charge is 0.298 e. The maximum Gasteiger partial charge on any atom is 0.178 e. The molecule has 0 aliphatic heterocycles. The maximum absolute atomic E-state index is 12.6. The molecule has 0 aliphatic carbocycles. The van der Waals surface area contributed by atoms with Crippen molar-refractivity contribution in [2.75, 3.05) is 0 Å². The Labute approximate surface area is 70.8 Å². The first-order chi connectivity index (χ1) is 5.57. The molecule has 12 heavy (non-hydrogen) atoms. The molecule has 1 nitrogen and oxygen atoms in total. The van der Waals surface area contributed by atoms with Crippen molar-refractivity contribution in [1.29, 1.82) is 0 Å². The zero-order chi connectivity index (χ0) is 9.30. The van der Waals surface area contributed by atoms with Crippen LogP contribution in [0.25, 0.3) is 0 Å². The van der Waals surface area contributed by atoms with Crippen molar-refractivity contribution in [2.45, 2.75) is 0 Å². The third kappa shape index (κ3) is 1.30. The van der Waals surface area contributed by atoms with E-state index in [2.05, 4.69) is 0 Å². The molecule has 1 aromatic rings. The molecule has 0 spiro atoms. The summed E-state index contributed by atoms with van der Waals surface area (Å²) in [7, 11) is 0. The smallest absolute Gasteiger partial charge is 0.178 e. The predicted octanol–water partition coefficient (Wildman–Crippen LogP) is 2.57. The number of hydrogen-bond acceptors (Lipinski definition) is 1. The molecule has 1 aromatic carbocycles. The third-order valence-electron chi connectivity index (χ3n) is 1.27. The third-order valence-corrected chi connectivity index (χ3v) is 1.64. The van der Waals surface area contributed by atoms with Crippen molar-refractivity contribution in [1.82, 2.24) is 0 Å². The lowest BCUT2D eigenvalue weighted by Gasteiger charge is -2.00. The highest BCUT2D eigenvalue weighted by atomic mass is 35.5. The highest BCUT2D eigenvalue weighted by molar-refractivity contribution is 6.33. The van der Waals surface area contributed by atoms with Gasteiger partial charge in [-0.1, -0.05) is 11.6 Å². The van der Waals surface area contributed by atoms with Gasteiger partial charge >= 0.3 is 0 Å². The van der Waals surface area contributed by atoms with Crippen LogP contribution in [0.4, 0.5) is 13.2 Å². The minimum atomic E-state index is -1.42. The van der Waals surface area contributed by atoms with Gasteiger partial charge in [-0.2, -0.15) is 0 Å². The Hall–Kier alpha value is -1.03. The number of carbonyl (C=O) groups excluding carboxylic acids is 1. The van der Waals surface area contributed by atoms with E-state index in [9.17, 15) is 18.0 Å².